The molecule has 1 aliphatic rings. The minimum absolute atomic E-state index is 0.443. The van der Waals surface area contributed by atoms with Crippen LogP contribution in [0.2, 0.25) is 0 Å². The number of hydrogen-bond donors (Lipinski definition) is 4. The molecule has 146 valence electrons. The first-order valence-corrected chi connectivity index (χ1v) is 10.9. The van der Waals surface area contributed by atoms with E-state index in [0.717, 1.165) is 18.0 Å². The Morgan fingerprint density at radius 1 is 1.19 bits per heavy atom. The summed E-state index contributed by atoms with van der Waals surface area (Å²) < 4.78 is 5.48. The average molecular weight is 407 g/mol. The van der Waals surface area contributed by atoms with Crippen molar-refractivity contribution in [1.29, 1.82) is 0 Å². The topological polar surface area (TPSA) is 42.2 Å². The number of quaternary nitrogens is 2. The number of ether oxygens (including phenoxy) is 1. The molecule has 1 aromatic heterocycles. The minimum atomic E-state index is 0.443. The lowest BCUT2D eigenvalue weighted by Gasteiger charge is -2.33. The predicted molar refractivity (Wildman–Crippen MR) is 116 cm³/mol. The second-order valence-electron chi connectivity index (χ2n) is 6.98. The van der Waals surface area contributed by atoms with E-state index in [-0.39, 0.29) is 0 Å². The Kier molecular flexibility index (Phi) is 7.46. The van der Waals surface area contributed by atoms with E-state index in [0.29, 0.717) is 17.8 Å². The van der Waals surface area contributed by atoms with Gasteiger partial charge in [0.05, 0.1) is 25.1 Å². The van der Waals surface area contributed by atoms with Crippen LogP contribution in [0.3, 0.4) is 0 Å². The summed E-state index contributed by atoms with van der Waals surface area (Å²) in [6.07, 6.45) is 0. The van der Waals surface area contributed by atoms with Crippen LogP contribution in [-0.2, 0) is 0 Å². The van der Waals surface area contributed by atoms with E-state index in [1.807, 2.05) is 42.5 Å². The quantitative estimate of drug-likeness (QED) is 0.508. The van der Waals surface area contributed by atoms with Gasteiger partial charge in [-0.1, -0.05) is 6.07 Å². The molecular formula is C20H30N4OS2+2. The maximum Gasteiger partial charge on any atom is 0.171 e. The molecule has 1 aromatic carbocycles. The molecule has 7 heteroatoms. The maximum absolute atomic E-state index is 5.52. The van der Waals surface area contributed by atoms with Gasteiger partial charge in [0, 0.05) is 5.69 Å². The highest BCUT2D eigenvalue weighted by Gasteiger charge is 2.29. The van der Waals surface area contributed by atoms with Crippen LogP contribution in [-0.4, -0.2) is 51.5 Å². The molecule has 1 saturated heterocycles. The Hall–Kier alpha value is -1.67. The van der Waals surface area contributed by atoms with Crippen molar-refractivity contribution >= 4 is 34.4 Å². The molecule has 3 rings (SSSR count). The van der Waals surface area contributed by atoms with Crippen LogP contribution in [0.25, 0.3) is 0 Å². The summed E-state index contributed by atoms with van der Waals surface area (Å²) in [5.41, 5.74) is 0.971. The highest BCUT2D eigenvalue weighted by molar-refractivity contribution is 7.80. The van der Waals surface area contributed by atoms with Gasteiger partial charge in [-0.15, -0.1) is 11.3 Å². The van der Waals surface area contributed by atoms with Crippen molar-refractivity contribution in [1.82, 2.24) is 5.32 Å². The summed E-state index contributed by atoms with van der Waals surface area (Å²) in [7, 11) is 2.28. The molecule has 1 atom stereocenters. The van der Waals surface area contributed by atoms with Crippen molar-refractivity contribution in [3.63, 3.8) is 0 Å². The molecule has 0 radical (unpaired) electrons. The zero-order valence-corrected chi connectivity index (χ0v) is 17.7. The summed E-state index contributed by atoms with van der Waals surface area (Å²) in [6, 6.07) is 12.7. The summed E-state index contributed by atoms with van der Waals surface area (Å²) in [5, 5.41) is 9.55. The third-order valence-electron chi connectivity index (χ3n) is 5.02. The van der Waals surface area contributed by atoms with Crippen molar-refractivity contribution in [2.75, 3.05) is 51.7 Å². The Balaban J connectivity index is 1.55. The molecule has 1 fully saturated rings. The average Bonchev–Trinajstić information content (AvgIpc) is 3.20. The summed E-state index contributed by atoms with van der Waals surface area (Å²) in [5.74, 6) is 0.875. The van der Waals surface area contributed by atoms with Crippen molar-refractivity contribution in [3.05, 3.63) is 46.7 Å². The van der Waals surface area contributed by atoms with Crippen molar-refractivity contribution in [2.45, 2.75) is 13.0 Å². The Morgan fingerprint density at radius 2 is 1.93 bits per heavy atom. The molecule has 0 spiro atoms. The lowest BCUT2D eigenvalue weighted by atomic mass is 10.1. The number of nitrogens with one attached hydrogen (secondary N) is 4. The number of anilines is 1. The number of piperazine rings is 1. The van der Waals surface area contributed by atoms with Gasteiger partial charge in [-0.2, -0.15) is 0 Å². The number of hydrogen-bond acceptors (Lipinski definition) is 3. The van der Waals surface area contributed by atoms with E-state index < -0.39 is 0 Å². The third-order valence-corrected chi connectivity index (χ3v) is 6.25. The lowest BCUT2D eigenvalue weighted by molar-refractivity contribution is -1.02. The predicted octanol–water partition coefficient (Wildman–Crippen LogP) is 0.588. The van der Waals surface area contributed by atoms with Crippen LogP contribution in [0.4, 0.5) is 5.69 Å². The fourth-order valence-corrected chi connectivity index (χ4v) is 4.54. The van der Waals surface area contributed by atoms with Gasteiger partial charge < -0.3 is 25.2 Å². The minimum Gasteiger partial charge on any atom is -0.494 e. The van der Waals surface area contributed by atoms with E-state index >= 15 is 0 Å². The van der Waals surface area contributed by atoms with Crippen molar-refractivity contribution < 1.29 is 14.5 Å². The molecule has 5 nitrogen and oxygen atoms in total. The van der Waals surface area contributed by atoms with Crippen LogP contribution in [0, 0.1) is 0 Å². The second-order valence-corrected chi connectivity index (χ2v) is 8.36. The van der Waals surface area contributed by atoms with Gasteiger partial charge in [0.1, 0.15) is 38.0 Å². The summed E-state index contributed by atoms with van der Waals surface area (Å²) in [4.78, 5) is 4.71. The molecule has 0 saturated carbocycles. The van der Waals surface area contributed by atoms with Gasteiger partial charge >= 0.3 is 0 Å². The first-order chi connectivity index (χ1) is 13.2. The van der Waals surface area contributed by atoms with Crippen molar-refractivity contribution in [2.24, 2.45) is 0 Å². The number of benzene rings is 1. The monoisotopic (exact) mass is 406 g/mol. The Bertz CT molecular complexity index is 697. The second kappa shape index (κ2) is 10.0. The Morgan fingerprint density at radius 3 is 2.56 bits per heavy atom. The van der Waals surface area contributed by atoms with Crippen molar-refractivity contribution in [3.8, 4) is 5.75 Å². The van der Waals surface area contributed by atoms with Crippen LogP contribution < -0.4 is 25.2 Å². The summed E-state index contributed by atoms with van der Waals surface area (Å²) >= 11 is 7.37. The molecular weight excluding hydrogens is 376 g/mol. The van der Waals surface area contributed by atoms with Gasteiger partial charge in [0.15, 0.2) is 5.11 Å². The first-order valence-electron chi connectivity index (χ1n) is 9.62. The lowest BCUT2D eigenvalue weighted by Crippen LogP contribution is -3.27. The summed E-state index contributed by atoms with van der Waals surface area (Å²) in [6.45, 7) is 8.37. The van der Waals surface area contributed by atoms with Gasteiger partial charge in [0.2, 0.25) is 0 Å². The van der Waals surface area contributed by atoms with Crippen LogP contribution in [0.1, 0.15) is 17.8 Å². The van der Waals surface area contributed by atoms with Crippen LogP contribution in [0.5, 0.6) is 5.75 Å². The number of likely N-dealkylation sites (N-methyl/N-ethyl adjacent to an activating group) is 1. The SMILES string of the molecule is CCOc1ccc(NC(=S)NC[C@@H](c2cccs2)[NH+]2CC[NH+](C)CC2)cc1. The fourth-order valence-electron chi connectivity index (χ4n) is 3.45. The van der Waals surface area contributed by atoms with E-state index in [2.05, 4.69) is 35.2 Å². The molecule has 0 amide bonds. The van der Waals surface area contributed by atoms with Crippen LogP contribution >= 0.6 is 23.6 Å². The molecule has 27 heavy (non-hydrogen) atoms. The molecule has 2 aromatic rings. The largest absolute Gasteiger partial charge is 0.494 e. The zero-order chi connectivity index (χ0) is 19.1. The smallest absolute Gasteiger partial charge is 0.171 e. The number of thiocarbonyl (C=S) groups is 1. The standard InChI is InChI=1S/C20H28N4OS2/c1-3-25-17-8-6-16(7-9-17)22-20(26)21-15-18(19-5-4-14-27-19)24-12-10-23(2)11-13-24/h4-9,14,18H,3,10-13,15H2,1-2H3,(H2,21,22,26)/p+2/t18-/m0/s1. The van der Waals surface area contributed by atoms with E-state index in [4.69, 9.17) is 17.0 Å². The maximum atomic E-state index is 5.52. The highest BCUT2D eigenvalue weighted by Crippen LogP contribution is 2.17. The first kappa shape index (κ1) is 20.1. The van der Waals surface area contributed by atoms with Crippen LogP contribution in [0.15, 0.2) is 41.8 Å². The molecule has 0 bridgehead atoms. The number of rotatable bonds is 7. The van der Waals surface area contributed by atoms with E-state index in [1.165, 1.54) is 31.1 Å². The molecule has 4 N–H and O–H groups in total. The van der Waals surface area contributed by atoms with Gasteiger partial charge in [0.25, 0.3) is 0 Å². The molecule has 0 aliphatic carbocycles. The Labute approximate surface area is 171 Å². The molecule has 2 heterocycles. The van der Waals surface area contributed by atoms with Gasteiger partial charge in [-0.25, -0.2) is 0 Å². The third kappa shape index (κ3) is 5.90. The molecule has 1 aliphatic heterocycles. The zero-order valence-electron chi connectivity index (χ0n) is 16.1. The normalized spacial score (nSPS) is 20.7. The highest BCUT2D eigenvalue weighted by atomic mass is 32.1. The number of thiophene rings is 1. The van der Waals surface area contributed by atoms with E-state index in [1.54, 1.807) is 9.80 Å². The van der Waals surface area contributed by atoms with E-state index in [9.17, 15) is 0 Å². The fraction of sp³-hybridized carbons (Fsp3) is 0.450. The molecule has 0 unspecified atom stereocenters. The van der Waals surface area contributed by atoms with Gasteiger partial charge in [-0.05, 0) is 54.9 Å². The van der Waals surface area contributed by atoms with Gasteiger partial charge in [-0.3, -0.25) is 0 Å².